The number of rotatable bonds is 9. The fraction of sp³-hybridized carbons (Fsp3) is 0.130. The van der Waals surface area contributed by atoms with Gasteiger partial charge in [0.1, 0.15) is 24.7 Å². The SMILES string of the molecule is COc1cccc(C=O)c1OC(=O)c1ccc(OCCOc2ccccc2)cc1. The number of para-hydroxylation sites is 2. The Kier molecular flexibility index (Phi) is 6.84. The van der Waals surface area contributed by atoms with E-state index in [0.717, 1.165) is 5.75 Å². The summed E-state index contributed by atoms with van der Waals surface area (Å²) in [5, 5.41) is 0. The monoisotopic (exact) mass is 392 g/mol. The van der Waals surface area contributed by atoms with Crippen LogP contribution in [0.3, 0.4) is 0 Å². The molecule has 0 amide bonds. The third kappa shape index (κ3) is 5.35. The molecular weight excluding hydrogens is 372 g/mol. The first-order valence-corrected chi connectivity index (χ1v) is 8.96. The maximum Gasteiger partial charge on any atom is 0.343 e. The largest absolute Gasteiger partial charge is 0.493 e. The summed E-state index contributed by atoms with van der Waals surface area (Å²) in [6.45, 7) is 0.763. The molecule has 3 aromatic carbocycles. The molecule has 29 heavy (non-hydrogen) atoms. The number of benzene rings is 3. The molecule has 3 aromatic rings. The van der Waals surface area contributed by atoms with Crippen molar-refractivity contribution >= 4 is 12.3 Å². The average molecular weight is 392 g/mol. The van der Waals surface area contributed by atoms with E-state index in [4.69, 9.17) is 18.9 Å². The van der Waals surface area contributed by atoms with Gasteiger partial charge in [-0.1, -0.05) is 24.3 Å². The molecule has 0 atom stereocenters. The van der Waals surface area contributed by atoms with Gasteiger partial charge in [-0.3, -0.25) is 4.79 Å². The van der Waals surface area contributed by atoms with Gasteiger partial charge in [-0.15, -0.1) is 0 Å². The number of ether oxygens (including phenoxy) is 4. The van der Waals surface area contributed by atoms with Crippen LogP contribution >= 0.6 is 0 Å². The van der Waals surface area contributed by atoms with E-state index in [9.17, 15) is 9.59 Å². The van der Waals surface area contributed by atoms with E-state index in [2.05, 4.69) is 0 Å². The summed E-state index contributed by atoms with van der Waals surface area (Å²) in [4.78, 5) is 23.6. The summed E-state index contributed by atoms with van der Waals surface area (Å²) in [6, 6.07) is 20.8. The number of carbonyl (C=O) groups excluding carboxylic acids is 2. The van der Waals surface area contributed by atoms with Crippen molar-refractivity contribution in [1.29, 1.82) is 0 Å². The van der Waals surface area contributed by atoms with Crippen LogP contribution in [0.4, 0.5) is 0 Å². The molecule has 0 fully saturated rings. The van der Waals surface area contributed by atoms with Crippen LogP contribution in [-0.2, 0) is 0 Å². The summed E-state index contributed by atoms with van der Waals surface area (Å²) in [5.41, 5.74) is 0.553. The summed E-state index contributed by atoms with van der Waals surface area (Å²) in [5.74, 6) is 1.18. The van der Waals surface area contributed by atoms with Crippen LogP contribution in [0.1, 0.15) is 20.7 Å². The smallest absolute Gasteiger partial charge is 0.343 e. The van der Waals surface area contributed by atoms with Gasteiger partial charge >= 0.3 is 5.97 Å². The first kappa shape index (κ1) is 19.9. The Morgan fingerprint density at radius 2 is 1.48 bits per heavy atom. The van der Waals surface area contributed by atoms with Gasteiger partial charge in [0.2, 0.25) is 0 Å². The highest BCUT2D eigenvalue weighted by Gasteiger charge is 2.16. The molecule has 0 aromatic heterocycles. The van der Waals surface area contributed by atoms with Crippen molar-refractivity contribution in [3.63, 3.8) is 0 Å². The van der Waals surface area contributed by atoms with Crippen LogP contribution in [0.2, 0.25) is 0 Å². The fourth-order valence-electron chi connectivity index (χ4n) is 2.57. The van der Waals surface area contributed by atoms with E-state index in [1.807, 2.05) is 30.3 Å². The fourth-order valence-corrected chi connectivity index (χ4v) is 2.57. The van der Waals surface area contributed by atoms with Gasteiger partial charge in [-0.25, -0.2) is 4.79 Å². The molecule has 0 saturated heterocycles. The minimum Gasteiger partial charge on any atom is -0.493 e. The molecular formula is C23H20O6. The second-order valence-corrected chi connectivity index (χ2v) is 5.92. The summed E-state index contributed by atoms with van der Waals surface area (Å²) >= 11 is 0. The van der Waals surface area contributed by atoms with Crippen molar-refractivity contribution < 1.29 is 28.5 Å². The maximum atomic E-state index is 12.4. The van der Waals surface area contributed by atoms with E-state index in [1.165, 1.54) is 7.11 Å². The zero-order valence-corrected chi connectivity index (χ0v) is 15.9. The molecule has 3 rings (SSSR count). The third-order valence-electron chi connectivity index (χ3n) is 4.01. The summed E-state index contributed by atoms with van der Waals surface area (Å²) < 4.78 is 21.7. The lowest BCUT2D eigenvalue weighted by Crippen LogP contribution is -2.11. The first-order chi connectivity index (χ1) is 14.2. The van der Waals surface area contributed by atoms with Crippen LogP contribution in [0.15, 0.2) is 72.8 Å². The van der Waals surface area contributed by atoms with Gasteiger partial charge in [-0.2, -0.15) is 0 Å². The van der Waals surface area contributed by atoms with E-state index < -0.39 is 5.97 Å². The Labute approximate surface area is 168 Å². The van der Waals surface area contributed by atoms with Crippen molar-refractivity contribution in [3.8, 4) is 23.0 Å². The van der Waals surface area contributed by atoms with Crippen LogP contribution in [0.25, 0.3) is 0 Å². The van der Waals surface area contributed by atoms with Gasteiger partial charge in [0.05, 0.1) is 18.2 Å². The number of esters is 1. The quantitative estimate of drug-likeness (QED) is 0.235. The van der Waals surface area contributed by atoms with Gasteiger partial charge in [0.25, 0.3) is 0 Å². The molecule has 0 aliphatic carbocycles. The average Bonchev–Trinajstić information content (AvgIpc) is 2.78. The Balaban J connectivity index is 1.56. The van der Waals surface area contributed by atoms with Gasteiger partial charge in [0, 0.05) is 0 Å². The highest BCUT2D eigenvalue weighted by Crippen LogP contribution is 2.30. The van der Waals surface area contributed by atoms with E-state index in [1.54, 1.807) is 42.5 Å². The molecule has 6 nitrogen and oxygen atoms in total. The van der Waals surface area contributed by atoms with E-state index >= 15 is 0 Å². The van der Waals surface area contributed by atoms with Crippen LogP contribution < -0.4 is 18.9 Å². The predicted octanol–water partition coefficient (Wildman–Crippen LogP) is 4.18. The standard InChI is InChI=1S/C23H20O6/c1-26-21-9-5-6-18(16-24)22(21)29-23(25)17-10-12-20(13-11-17)28-15-14-27-19-7-3-2-4-8-19/h2-13,16H,14-15H2,1H3. The zero-order chi connectivity index (χ0) is 20.5. The Bertz CT molecular complexity index is 951. The van der Waals surface area contributed by atoms with Gasteiger partial charge in [0.15, 0.2) is 17.8 Å². The minimum atomic E-state index is -0.600. The van der Waals surface area contributed by atoms with Crippen molar-refractivity contribution in [2.75, 3.05) is 20.3 Å². The van der Waals surface area contributed by atoms with E-state index in [-0.39, 0.29) is 11.3 Å². The molecule has 0 saturated carbocycles. The summed E-state index contributed by atoms with van der Waals surface area (Å²) in [7, 11) is 1.44. The molecule has 0 spiro atoms. The van der Waals surface area contributed by atoms with Crippen molar-refractivity contribution in [2.24, 2.45) is 0 Å². The normalized spacial score (nSPS) is 10.1. The lowest BCUT2D eigenvalue weighted by molar-refractivity contribution is 0.0728. The summed E-state index contributed by atoms with van der Waals surface area (Å²) in [6.07, 6.45) is 0.611. The lowest BCUT2D eigenvalue weighted by Gasteiger charge is -2.11. The minimum absolute atomic E-state index is 0.0911. The number of aldehydes is 1. The Morgan fingerprint density at radius 1 is 0.828 bits per heavy atom. The molecule has 0 N–H and O–H groups in total. The second kappa shape index (κ2) is 9.94. The number of hydrogen-bond donors (Lipinski definition) is 0. The van der Waals surface area contributed by atoms with Crippen LogP contribution in [0.5, 0.6) is 23.0 Å². The van der Waals surface area contributed by atoms with Crippen LogP contribution in [-0.4, -0.2) is 32.6 Å². The number of methoxy groups -OCH3 is 1. The predicted molar refractivity (Wildman–Crippen MR) is 107 cm³/mol. The van der Waals surface area contributed by atoms with Gasteiger partial charge in [-0.05, 0) is 48.5 Å². The van der Waals surface area contributed by atoms with Crippen LogP contribution in [0, 0.1) is 0 Å². The van der Waals surface area contributed by atoms with Gasteiger partial charge < -0.3 is 18.9 Å². The maximum absolute atomic E-state index is 12.4. The molecule has 148 valence electrons. The second-order valence-electron chi connectivity index (χ2n) is 5.92. The van der Waals surface area contributed by atoms with Crippen molar-refractivity contribution in [2.45, 2.75) is 0 Å². The first-order valence-electron chi connectivity index (χ1n) is 8.96. The van der Waals surface area contributed by atoms with E-state index in [0.29, 0.717) is 36.6 Å². The highest BCUT2D eigenvalue weighted by atomic mass is 16.6. The molecule has 0 aliphatic heterocycles. The Hall–Kier alpha value is -3.80. The Morgan fingerprint density at radius 3 is 2.10 bits per heavy atom. The topological polar surface area (TPSA) is 71.1 Å². The molecule has 0 unspecified atom stereocenters. The number of carbonyl (C=O) groups is 2. The highest BCUT2D eigenvalue weighted by molar-refractivity contribution is 5.93. The molecule has 6 heteroatoms. The molecule has 0 radical (unpaired) electrons. The van der Waals surface area contributed by atoms with Crippen molar-refractivity contribution in [3.05, 3.63) is 83.9 Å². The van der Waals surface area contributed by atoms with Crippen molar-refractivity contribution in [1.82, 2.24) is 0 Å². The lowest BCUT2D eigenvalue weighted by atomic mass is 10.2. The zero-order valence-electron chi connectivity index (χ0n) is 15.9. The number of hydrogen-bond acceptors (Lipinski definition) is 6. The molecule has 0 bridgehead atoms. The molecule has 0 heterocycles. The molecule has 0 aliphatic rings. The third-order valence-corrected chi connectivity index (χ3v) is 4.01.